The Morgan fingerprint density at radius 3 is 2.52 bits per heavy atom. The first-order valence-corrected chi connectivity index (χ1v) is 6.62. The number of hydrogen-bond acceptors (Lipinski definition) is 4. The summed E-state index contributed by atoms with van der Waals surface area (Å²) in [6, 6.07) is 6.59. The predicted molar refractivity (Wildman–Crippen MR) is 74.1 cm³/mol. The number of fused-ring (bicyclic) bond motifs is 1. The Morgan fingerprint density at radius 2 is 1.96 bits per heavy atom. The maximum absolute atomic E-state index is 12.7. The van der Waals surface area contributed by atoms with E-state index in [1.54, 1.807) is 6.92 Å². The first-order valence-electron chi connectivity index (χ1n) is 6.62. The van der Waals surface area contributed by atoms with Crippen molar-refractivity contribution in [1.82, 2.24) is 10.2 Å². The van der Waals surface area contributed by atoms with Crippen molar-refractivity contribution in [2.75, 3.05) is 0 Å². The first-order chi connectivity index (χ1) is 10.8. The molecule has 1 aliphatic heterocycles. The maximum atomic E-state index is 12.7. The number of aryl methyl sites for hydroxylation is 1. The number of H-pyrrole nitrogens is 1. The summed E-state index contributed by atoms with van der Waals surface area (Å²) >= 11 is 0. The number of rotatable bonds is 1. The molecule has 2 aromatic rings. The average molecular weight is 320 g/mol. The van der Waals surface area contributed by atoms with Crippen LogP contribution in [-0.2, 0) is 6.18 Å². The number of nitrogens with zero attached hydrogens (tertiary/aromatic N) is 2. The molecule has 0 aliphatic carbocycles. The molecule has 3 rings (SSSR count). The van der Waals surface area contributed by atoms with Crippen LogP contribution in [0.2, 0.25) is 0 Å². The van der Waals surface area contributed by atoms with Crippen molar-refractivity contribution in [2.24, 2.45) is 5.73 Å². The van der Waals surface area contributed by atoms with Crippen LogP contribution < -0.4 is 10.5 Å². The number of nitrogens with two attached hydrogens (primary N) is 1. The lowest BCUT2D eigenvalue weighted by Gasteiger charge is -2.23. The predicted octanol–water partition coefficient (Wildman–Crippen LogP) is 2.96. The number of nitrogens with one attached hydrogen (secondary N) is 1. The molecule has 0 spiro atoms. The van der Waals surface area contributed by atoms with Gasteiger partial charge >= 0.3 is 6.18 Å². The van der Waals surface area contributed by atoms with E-state index in [0.29, 0.717) is 16.8 Å². The van der Waals surface area contributed by atoms with Gasteiger partial charge in [-0.25, -0.2) is 0 Å². The van der Waals surface area contributed by atoms with Crippen LogP contribution in [0.4, 0.5) is 13.2 Å². The third kappa shape index (κ3) is 2.40. The van der Waals surface area contributed by atoms with Gasteiger partial charge < -0.3 is 10.5 Å². The molecule has 5 nitrogen and oxygen atoms in total. The van der Waals surface area contributed by atoms with Gasteiger partial charge in [-0.05, 0) is 24.6 Å². The highest BCUT2D eigenvalue weighted by Gasteiger charge is 2.35. The maximum Gasteiger partial charge on any atom is 0.416 e. The normalized spacial score (nSPS) is 17.4. The second-order valence-electron chi connectivity index (χ2n) is 5.11. The van der Waals surface area contributed by atoms with E-state index in [2.05, 4.69) is 10.2 Å². The number of ether oxygens (including phenoxy) is 1. The molecule has 3 N–H and O–H groups in total. The molecule has 1 atom stereocenters. The quantitative estimate of drug-likeness (QED) is 0.845. The minimum Gasteiger partial charge on any atom is -0.420 e. The van der Waals surface area contributed by atoms with Crippen LogP contribution >= 0.6 is 0 Å². The first kappa shape index (κ1) is 15.0. The van der Waals surface area contributed by atoms with Gasteiger partial charge in [-0.1, -0.05) is 12.1 Å². The van der Waals surface area contributed by atoms with Crippen LogP contribution in [0.15, 0.2) is 35.7 Å². The summed E-state index contributed by atoms with van der Waals surface area (Å²) < 4.78 is 43.4. The van der Waals surface area contributed by atoms with Gasteiger partial charge in [0.1, 0.15) is 11.6 Å². The van der Waals surface area contributed by atoms with Gasteiger partial charge in [-0.3, -0.25) is 5.10 Å². The largest absolute Gasteiger partial charge is 0.420 e. The van der Waals surface area contributed by atoms with E-state index >= 15 is 0 Å². The summed E-state index contributed by atoms with van der Waals surface area (Å²) in [5.74, 6) is -0.495. The van der Waals surface area contributed by atoms with Gasteiger partial charge in [-0.15, -0.1) is 5.10 Å². The standard InChI is InChI=1S/C15H11F3N4O/c1-7-11-12(8-2-4-9(5-3-8)15(16,17)18)10(6-19)13(20)23-14(11)22-21-7/h2-5,12H,20H2,1H3,(H,21,22)/t12-/m0/s1. The molecular weight excluding hydrogens is 309 g/mol. The molecule has 1 aromatic heterocycles. The van der Waals surface area contributed by atoms with Crippen molar-refractivity contribution in [1.29, 1.82) is 5.26 Å². The Bertz CT molecular complexity index is 828. The second kappa shape index (κ2) is 5.05. The molecule has 0 amide bonds. The van der Waals surface area contributed by atoms with Crippen molar-refractivity contribution in [2.45, 2.75) is 19.0 Å². The van der Waals surface area contributed by atoms with Crippen LogP contribution in [0.25, 0.3) is 0 Å². The fourth-order valence-electron chi connectivity index (χ4n) is 2.60. The highest BCUT2D eigenvalue weighted by molar-refractivity contribution is 5.55. The lowest BCUT2D eigenvalue weighted by molar-refractivity contribution is -0.137. The van der Waals surface area contributed by atoms with E-state index in [9.17, 15) is 18.4 Å². The molecule has 0 radical (unpaired) electrons. The van der Waals surface area contributed by atoms with Gasteiger partial charge in [-0.2, -0.15) is 18.4 Å². The number of aromatic amines is 1. The fourth-order valence-corrected chi connectivity index (χ4v) is 2.60. The van der Waals surface area contributed by atoms with E-state index in [1.165, 1.54) is 12.1 Å². The summed E-state index contributed by atoms with van der Waals surface area (Å²) in [6.07, 6.45) is -4.42. The van der Waals surface area contributed by atoms with Crippen molar-refractivity contribution in [3.63, 3.8) is 0 Å². The molecule has 0 bridgehead atoms. The average Bonchev–Trinajstić information content (AvgIpc) is 2.86. The monoisotopic (exact) mass is 320 g/mol. The molecule has 1 aliphatic rings. The number of benzene rings is 1. The molecule has 0 fully saturated rings. The third-order valence-electron chi connectivity index (χ3n) is 3.70. The Labute approximate surface area is 129 Å². The molecule has 8 heteroatoms. The number of allylic oxidation sites excluding steroid dienone is 1. The van der Waals surface area contributed by atoms with Gasteiger partial charge in [0, 0.05) is 11.3 Å². The number of halogens is 3. The van der Waals surface area contributed by atoms with Gasteiger partial charge in [0.25, 0.3) is 0 Å². The summed E-state index contributed by atoms with van der Waals surface area (Å²) in [5, 5.41) is 16.0. The third-order valence-corrected chi connectivity index (χ3v) is 3.70. The molecule has 2 heterocycles. The van der Waals surface area contributed by atoms with Gasteiger partial charge in [0.15, 0.2) is 0 Å². The van der Waals surface area contributed by atoms with Crippen LogP contribution in [0.1, 0.15) is 28.3 Å². The van der Waals surface area contributed by atoms with Crippen LogP contribution in [0, 0.1) is 18.3 Å². The molecule has 0 saturated heterocycles. The van der Waals surface area contributed by atoms with E-state index in [4.69, 9.17) is 10.5 Å². The zero-order valence-electron chi connectivity index (χ0n) is 11.9. The summed E-state index contributed by atoms with van der Waals surface area (Å²) in [6.45, 7) is 1.74. The Kier molecular flexibility index (Phi) is 3.29. The lowest BCUT2D eigenvalue weighted by atomic mass is 9.84. The van der Waals surface area contributed by atoms with Crippen LogP contribution in [0.5, 0.6) is 5.88 Å². The van der Waals surface area contributed by atoms with E-state index < -0.39 is 17.7 Å². The molecule has 118 valence electrons. The summed E-state index contributed by atoms with van der Waals surface area (Å²) in [7, 11) is 0. The molecule has 1 aromatic carbocycles. The van der Waals surface area contributed by atoms with Crippen molar-refractivity contribution < 1.29 is 17.9 Å². The number of alkyl halides is 3. The summed E-state index contributed by atoms with van der Waals surface area (Å²) in [5.41, 5.74) is 6.88. The molecule has 0 unspecified atom stereocenters. The minimum atomic E-state index is -4.42. The SMILES string of the molecule is Cc1[nH]nc2c1[C@@H](c1ccc(C(F)(F)F)cc1)C(C#N)=C(N)O2. The zero-order valence-corrected chi connectivity index (χ0v) is 11.9. The van der Waals surface area contributed by atoms with Crippen molar-refractivity contribution in [3.05, 3.63) is 58.1 Å². The fraction of sp³-hybridized carbons (Fsp3) is 0.200. The minimum absolute atomic E-state index is 0.101. The molecular formula is C15H11F3N4O. The highest BCUT2D eigenvalue weighted by Crippen LogP contribution is 2.43. The number of hydrogen-bond donors (Lipinski definition) is 2. The Balaban J connectivity index is 2.13. The van der Waals surface area contributed by atoms with Gasteiger partial charge in [0.2, 0.25) is 11.8 Å². The Hall–Kier alpha value is -2.95. The van der Waals surface area contributed by atoms with E-state index in [1.807, 2.05) is 6.07 Å². The van der Waals surface area contributed by atoms with Crippen LogP contribution in [-0.4, -0.2) is 10.2 Å². The smallest absolute Gasteiger partial charge is 0.416 e. The van der Waals surface area contributed by atoms with Crippen molar-refractivity contribution >= 4 is 0 Å². The molecule has 0 saturated carbocycles. The number of aromatic nitrogens is 2. The van der Waals surface area contributed by atoms with Gasteiger partial charge in [0.05, 0.1) is 11.5 Å². The zero-order chi connectivity index (χ0) is 16.8. The second-order valence-corrected chi connectivity index (χ2v) is 5.11. The topological polar surface area (TPSA) is 87.7 Å². The van der Waals surface area contributed by atoms with E-state index in [-0.39, 0.29) is 17.3 Å². The number of nitriles is 1. The van der Waals surface area contributed by atoms with Crippen LogP contribution in [0.3, 0.4) is 0 Å². The Morgan fingerprint density at radius 1 is 1.30 bits per heavy atom. The summed E-state index contributed by atoms with van der Waals surface area (Å²) in [4.78, 5) is 0. The highest BCUT2D eigenvalue weighted by atomic mass is 19.4. The van der Waals surface area contributed by atoms with Crippen molar-refractivity contribution in [3.8, 4) is 11.9 Å². The van der Waals surface area contributed by atoms with E-state index in [0.717, 1.165) is 12.1 Å². The lowest BCUT2D eigenvalue weighted by Crippen LogP contribution is -2.21. The molecule has 23 heavy (non-hydrogen) atoms.